The molecule has 5 nitrogen and oxygen atoms in total. The van der Waals surface area contributed by atoms with Crippen molar-refractivity contribution >= 4 is 28.9 Å². The minimum atomic E-state index is -0.895. The number of hydrogen-bond acceptors (Lipinski definition) is 4. The van der Waals surface area contributed by atoms with Crippen LogP contribution in [0.3, 0.4) is 0 Å². The van der Waals surface area contributed by atoms with E-state index < -0.39 is 12.1 Å². The van der Waals surface area contributed by atoms with E-state index in [2.05, 4.69) is 10.3 Å². The number of aromatic nitrogens is 1. The fourth-order valence-corrected chi connectivity index (χ4v) is 2.75. The Balaban J connectivity index is 1.55. The van der Waals surface area contributed by atoms with Gasteiger partial charge in [-0.15, -0.1) is 0 Å². The number of nitrogens with zero attached hydrogens (tertiary/aromatic N) is 1. The normalized spacial score (nSPS) is 13.2. The van der Waals surface area contributed by atoms with Crippen LogP contribution in [0, 0.1) is 0 Å². The van der Waals surface area contributed by atoms with Crippen LogP contribution in [0.25, 0.3) is 17.0 Å². The predicted octanol–water partition coefficient (Wildman–Crippen LogP) is 4.06. The van der Waals surface area contributed by atoms with Crippen molar-refractivity contribution in [1.29, 1.82) is 0 Å². The van der Waals surface area contributed by atoms with Crippen molar-refractivity contribution in [2.24, 2.45) is 0 Å². The monoisotopic (exact) mass is 374 g/mol. The Morgan fingerprint density at radius 2 is 1.68 bits per heavy atom. The van der Waals surface area contributed by atoms with Gasteiger partial charge in [0, 0.05) is 11.5 Å². The molecule has 142 valence electrons. The molecule has 5 heteroatoms. The molecule has 28 heavy (non-hydrogen) atoms. The summed E-state index contributed by atoms with van der Waals surface area (Å²) in [4.78, 5) is 28.8. The highest BCUT2D eigenvalue weighted by Crippen LogP contribution is 2.13. The summed E-state index contributed by atoms with van der Waals surface area (Å²) in [6, 6.07) is 20.9. The highest BCUT2D eigenvalue weighted by molar-refractivity contribution is 5.90. The number of hydrogen-bond donors (Lipinski definition) is 1. The number of esters is 1. The quantitative estimate of drug-likeness (QED) is 0.522. The van der Waals surface area contributed by atoms with Crippen molar-refractivity contribution in [1.82, 2.24) is 10.3 Å². The fraction of sp³-hybridized carbons (Fsp3) is 0.174. The van der Waals surface area contributed by atoms with Crippen LogP contribution in [0.5, 0.6) is 0 Å². The summed E-state index contributed by atoms with van der Waals surface area (Å²) < 4.78 is 5.19. The van der Waals surface area contributed by atoms with Crippen LogP contribution >= 0.6 is 0 Å². The van der Waals surface area contributed by atoms with Gasteiger partial charge in [0.05, 0.1) is 17.3 Å². The Bertz CT molecular complexity index is 999. The van der Waals surface area contributed by atoms with Crippen molar-refractivity contribution in [3.8, 4) is 0 Å². The molecule has 0 radical (unpaired) electrons. The van der Waals surface area contributed by atoms with Crippen molar-refractivity contribution < 1.29 is 14.3 Å². The maximum Gasteiger partial charge on any atom is 0.331 e. The number of carbonyl (C=O) groups excluding carboxylic acids is 2. The standard InChI is InChI=1S/C23H22N2O3/c1-16(18-8-4-3-5-9-18)24-23(27)17(2)28-22(26)15-14-20-13-12-19-10-6-7-11-21(19)25-20/h3-17H,1-2H3,(H,24,27)/b15-14+. The molecule has 0 aliphatic heterocycles. The van der Waals surface area contributed by atoms with Crippen LogP contribution in [0.15, 0.2) is 72.8 Å². The largest absolute Gasteiger partial charge is 0.449 e. The van der Waals surface area contributed by atoms with Crippen molar-refractivity contribution in [2.45, 2.75) is 26.0 Å². The van der Waals surface area contributed by atoms with Crippen molar-refractivity contribution in [2.75, 3.05) is 0 Å². The van der Waals surface area contributed by atoms with E-state index >= 15 is 0 Å². The molecule has 0 fully saturated rings. The highest BCUT2D eigenvalue weighted by Gasteiger charge is 2.19. The lowest BCUT2D eigenvalue weighted by Gasteiger charge is -2.17. The molecule has 1 N–H and O–H groups in total. The van der Waals surface area contributed by atoms with Crippen LogP contribution in [-0.2, 0) is 14.3 Å². The number of amides is 1. The van der Waals surface area contributed by atoms with Gasteiger partial charge in [-0.2, -0.15) is 0 Å². The van der Waals surface area contributed by atoms with Crippen LogP contribution in [-0.4, -0.2) is 23.0 Å². The van der Waals surface area contributed by atoms with E-state index in [1.165, 1.54) is 6.08 Å². The molecule has 2 atom stereocenters. The van der Waals surface area contributed by atoms with Crippen molar-refractivity contribution in [3.05, 3.63) is 84.1 Å². The zero-order valence-corrected chi connectivity index (χ0v) is 15.8. The van der Waals surface area contributed by atoms with Gasteiger partial charge >= 0.3 is 5.97 Å². The predicted molar refractivity (Wildman–Crippen MR) is 109 cm³/mol. The molecule has 1 aromatic heterocycles. The second kappa shape index (κ2) is 8.95. The van der Waals surface area contributed by atoms with E-state index in [9.17, 15) is 9.59 Å². The first-order valence-electron chi connectivity index (χ1n) is 9.13. The van der Waals surface area contributed by atoms with Gasteiger partial charge in [-0.1, -0.05) is 54.6 Å². The third kappa shape index (κ3) is 5.04. The summed E-state index contributed by atoms with van der Waals surface area (Å²) in [6.07, 6.45) is 1.96. The maximum absolute atomic E-state index is 12.3. The molecule has 0 aliphatic carbocycles. The number of ether oxygens (including phenoxy) is 1. The molecule has 0 bridgehead atoms. The molecule has 2 unspecified atom stereocenters. The lowest BCUT2D eigenvalue weighted by Crippen LogP contribution is -2.37. The SMILES string of the molecule is CC(OC(=O)/C=C/c1ccc2ccccc2n1)C(=O)NC(C)c1ccccc1. The van der Waals surface area contributed by atoms with E-state index in [1.807, 2.05) is 73.7 Å². The summed E-state index contributed by atoms with van der Waals surface area (Å²) in [5.41, 5.74) is 2.47. The zero-order chi connectivity index (χ0) is 19.9. The molecule has 1 heterocycles. The van der Waals surface area contributed by atoms with E-state index in [1.54, 1.807) is 13.0 Å². The Hall–Kier alpha value is -3.47. The third-order valence-electron chi connectivity index (χ3n) is 4.33. The summed E-state index contributed by atoms with van der Waals surface area (Å²) in [7, 11) is 0. The first-order chi connectivity index (χ1) is 13.5. The highest BCUT2D eigenvalue weighted by atomic mass is 16.5. The average Bonchev–Trinajstić information content (AvgIpc) is 2.72. The minimum Gasteiger partial charge on any atom is -0.449 e. The number of para-hydroxylation sites is 1. The summed E-state index contributed by atoms with van der Waals surface area (Å²) >= 11 is 0. The van der Waals surface area contributed by atoms with Crippen molar-refractivity contribution in [3.63, 3.8) is 0 Å². The lowest BCUT2D eigenvalue weighted by molar-refractivity contribution is -0.150. The lowest BCUT2D eigenvalue weighted by atomic mass is 10.1. The van der Waals surface area contributed by atoms with Gasteiger partial charge in [-0.25, -0.2) is 9.78 Å². The van der Waals surface area contributed by atoms with Gasteiger partial charge in [0.25, 0.3) is 5.91 Å². The van der Waals surface area contributed by atoms with E-state index in [4.69, 9.17) is 4.74 Å². The number of nitrogens with one attached hydrogen (secondary N) is 1. The number of benzene rings is 2. The smallest absolute Gasteiger partial charge is 0.331 e. The zero-order valence-electron chi connectivity index (χ0n) is 15.8. The first-order valence-corrected chi connectivity index (χ1v) is 9.13. The molecule has 0 spiro atoms. The maximum atomic E-state index is 12.3. The topological polar surface area (TPSA) is 68.3 Å². The molecule has 3 aromatic rings. The molecule has 0 saturated heterocycles. The van der Waals surface area contributed by atoms with E-state index in [-0.39, 0.29) is 11.9 Å². The van der Waals surface area contributed by atoms with Crippen LogP contribution < -0.4 is 5.32 Å². The fourth-order valence-electron chi connectivity index (χ4n) is 2.75. The molecule has 2 aromatic carbocycles. The first kappa shape index (κ1) is 19.3. The second-order valence-electron chi connectivity index (χ2n) is 6.48. The van der Waals surface area contributed by atoms with Gasteiger partial charge in [0.1, 0.15) is 0 Å². The summed E-state index contributed by atoms with van der Waals surface area (Å²) in [6.45, 7) is 3.43. The van der Waals surface area contributed by atoms with Gasteiger partial charge in [0.15, 0.2) is 6.10 Å². The van der Waals surface area contributed by atoms with Gasteiger partial charge < -0.3 is 10.1 Å². The summed E-state index contributed by atoms with van der Waals surface area (Å²) in [5, 5.41) is 3.87. The third-order valence-corrected chi connectivity index (χ3v) is 4.33. The number of fused-ring (bicyclic) bond motifs is 1. The Kier molecular flexibility index (Phi) is 6.17. The van der Waals surface area contributed by atoms with E-state index in [0.29, 0.717) is 5.69 Å². The van der Waals surface area contributed by atoms with E-state index in [0.717, 1.165) is 16.5 Å². The summed E-state index contributed by atoms with van der Waals surface area (Å²) in [5.74, 6) is -0.938. The minimum absolute atomic E-state index is 0.174. The van der Waals surface area contributed by atoms with Crippen LogP contribution in [0.1, 0.15) is 31.1 Å². The number of carbonyl (C=O) groups is 2. The molecular formula is C23H22N2O3. The average molecular weight is 374 g/mol. The molecule has 0 aliphatic rings. The van der Waals surface area contributed by atoms with Gasteiger partial charge in [-0.05, 0) is 37.6 Å². The molecule has 3 rings (SSSR count). The Labute approximate surface area is 164 Å². The molecule has 1 amide bonds. The molecular weight excluding hydrogens is 352 g/mol. The van der Waals surface area contributed by atoms with Crippen LogP contribution in [0.2, 0.25) is 0 Å². The number of rotatable bonds is 6. The van der Waals surface area contributed by atoms with Crippen LogP contribution in [0.4, 0.5) is 0 Å². The Morgan fingerprint density at radius 1 is 0.964 bits per heavy atom. The second-order valence-corrected chi connectivity index (χ2v) is 6.48. The van der Waals surface area contributed by atoms with Gasteiger partial charge in [-0.3, -0.25) is 4.79 Å². The molecule has 0 saturated carbocycles. The Morgan fingerprint density at radius 3 is 2.46 bits per heavy atom. The van der Waals surface area contributed by atoms with Gasteiger partial charge in [0.2, 0.25) is 0 Å². The number of pyridine rings is 1.